The van der Waals surface area contributed by atoms with Gasteiger partial charge in [-0.1, -0.05) is 237 Å². The van der Waals surface area contributed by atoms with Crippen LogP contribution in [0.4, 0.5) is 17.1 Å². The molecule has 13 aromatic rings. The quantitative estimate of drug-likeness (QED) is 0.147. The van der Waals surface area contributed by atoms with Crippen LogP contribution < -0.4 is 4.90 Å². The van der Waals surface area contributed by atoms with Crippen LogP contribution in [0, 0.1) is 0 Å². The molecule has 350 valence electrons. The molecule has 0 bridgehead atoms. The lowest BCUT2D eigenvalue weighted by atomic mass is 9.70. The van der Waals surface area contributed by atoms with Gasteiger partial charge in [0.2, 0.25) is 0 Å². The Morgan fingerprint density at radius 3 is 1.41 bits per heavy atom. The molecule has 0 fully saturated rings. The Kier molecular flexibility index (Phi) is 9.83. The fourth-order valence-corrected chi connectivity index (χ4v) is 13.0. The second-order valence-corrected chi connectivity index (χ2v) is 19.9. The van der Waals surface area contributed by atoms with Crippen LogP contribution in [0.25, 0.3) is 94.3 Å². The van der Waals surface area contributed by atoms with Gasteiger partial charge in [-0.05, 0) is 138 Å². The molecule has 1 heterocycles. The third-order valence-electron chi connectivity index (χ3n) is 16.0. The summed E-state index contributed by atoms with van der Waals surface area (Å²) < 4.78 is 2.41. The lowest BCUT2D eigenvalue weighted by Crippen LogP contribution is -2.25. The minimum atomic E-state index is -0.441. The van der Waals surface area contributed by atoms with Crippen molar-refractivity contribution < 1.29 is 0 Å². The molecule has 0 N–H and O–H groups in total. The first-order valence-electron chi connectivity index (χ1n) is 26.0. The normalized spacial score (nSPS) is 12.6. The maximum Gasteiger partial charge on any atom is 0.0725 e. The van der Waals surface area contributed by atoms with Crippen LogP contribution in [0.1, 0.15) is 22.3 Å². The highest BCUT2D eigenvalue weighted by Gasteiger charge is 2.51. The first-order valence-corrected chi connectivity index (χ1v) is 26.0. The van der Waals surface area contributed by atoms with Crippen molar-refractivity contribution in [1.82, 2.24) is 4.57 Å². The van der Waals surface area contributed by atoms with Gasteiger partial charge in [-0.15, -0.1) is 0 Å². The summed E-state index contributed by atoms with van der Waals surface area (Å²) in [6, 6.07) is 108. The van der Waals surface area contributed by atoms with Crippen LogP contribution in [0.5, 0.6) is 0 Å². The Balaban J connectivity index is 0.973. The third-order valence-corrected chi connectivity index (χ3v) is 16.0. The highest BCUT2D eigenvalue weighted by molar-refractivity contribution is 6.16. The Morgan fingerprint density at radius 1 is 0.267 bits per heavy atom. The van der Waals surface area contributed by atoms with Crippen molar-refractivity contribution in [3.05, 3.63) is 313 Å². The summed E-state index contributed by atoms with van der Waals surface area (Å²) in [5, 5.41) is 2.47. The standard InChI is InChI=1S/C73H48N2/c1-3-23-49(24-4-1)54-29-7-8-30-56(54)57-31-9-10-32-58(57)62-36-14-19-42-69(62)74(52-28-21-25-50(47-52)55-38-22-44-71-72(55)63-37-15-20-43-70(63)75(71)51-26-5-2-6-27-51)53-45-46-68-64(48-53)61-35-13-18-41-67(61)73(68)65-39-16-11-33-59(65)60-34-12-17-40-66(60)73/h1-48H. The minimum absolute atomic E-state index is 0.441. The van der Waals surface area contributed by atoms with Crippen LogP contribution in [-0.2, 0) is 5.41 Å². The van der Waals surface area contributed by atoms with Crippen LogP contribution in [0.3, 0.4) is 0 Å². The van der Waals surface area contributed by atoms with E-state index < -0.39 is 5.41 Å². The average molecular weight is 953 g/mol. The summed E-state index contributed by atoms with van der Waals surface area (Å²) in [7, 11) is 0. The number of rotatable bonds is 8. The highest BCUT2D eigenvalue weighted by Crippen LogP contribution is 2.63. The Morgan fingerprint density at radius 2 is 0.720 bits per heavy atom. The SMILES string of the molecule is c1ccc(-c2ccccc2-c2ccccc2-c2ccccc2N(c2cccc(-c3cccc4c3c3ccccc3n4-c3ccccc3)c2)c2ccc3c(c2)-c2ccccc2C32c3ccccc3-c3ccccc32)cc1. The molecular formula is C73H48N2. The van der Waals surface area contributed by atoms with Crippen molar-refractivity contribution in [3.8, 4) is 72.4 Å². The summed E-state index contributed by atoms with van der Waals surface area (Å²) in [5.41, 5.74) is 26.2. The molecule has 15 rings (SSSR count). The van der Waals surface area contributed by atoms with Gasteiger partial charge in [-0.25, -0.2) is 0 Å². The zero-order valence-corrected chi connectivity index (χ0v) is 41.1. The van der Waals surface area contributed by atoms with E-state index in [1.54, 1.807) is 0 Å². The predicted octanol–water partition coefficient (Wildman–Crippen LogP) is 19.3. The number of aromatic nitrogens is 1. The predicted molar refractivity (Wildman–Crippen MR) is 314 cm³/mol. The van der Waals surface area contributed by atoms with E-state index in [9.17, 15) is 0 Å². The van der Waals surface area contributed by atoms with Crippen LogP contribution in [0.2, 0.25) is 0 Å². The summed E-state index contributed by atoms with van der Waals surface area (Å²) in [5.74, 6) is 0. The van der Waals surface area contributed by atoms with Crippen molar-refractivity contribution >= 4 is 38.9 Å². The number of hydrogen-bond acceptors (Lipinski definition) is 1. The molecule has 0 atom stereocenters. The van der Waals surface area contributed by atoms with Gasteiger partial charge in [0, 0.05) is 33.4 Å². The zero-order valence-electron chi connectivity index (χ0n) is 41.1. The van der Waals surface area contributed by atoms with Crippen molar-refractivity contribution in [2.75, 3.05) is 4.90 Å². The fraction of sp³-hybridized carbons (Fsp3) is 0.0137. The van der Waals surface area contributed by atoms with E-state index in [1.165, 1.54) is 99.7 Å². The average Bonchev–Trinajstić information content (AvgIpc) is 4.29. The summed E-state index contributed by atoms with van der Waals surface area (Å²) in [6.45, 7) is 0. The van der Waals surface area contributed by atoms with Gasteiger partial charge in [0.15, 0.2) is 0 Å². The van der Waals surface area contributed by atoms with Crippen molar-refractivity contribution in [2.24, 2.45) is 0 Å². The topological polar surface area (TPSA) is 8.17 Å². The van der Waals surface area contributed by atoms with Gasteiger partial charge in [-0.2, -0.15) is 0 Å². The maximum absolute atomic E-state index is 2.51. The summed E-state index contributed by atoms with van der Waals surface area (Å²) in [4.78, 5) is 2.51. The second kappa shape index (κ2) is 17.2. The maximum atomic E-state index is 2.51. The van der Waals surface area contributed by atoms with Crippen LogP contribution in [0.15, 0.2) is 291 Å². The van der Waals surface area contributed by atoms with Gasteiger partial charge in [0.25, 0.3) is 0 Å². The van der Waals surface area contributed by atoms with Crippen molar-refractivity contribution in [3.63, 3.8) is 0 Å². The number of benzene rings is 12. The monoisotopic (exact) mass is 952 g/mol. The molecule has 0 amide bonds. The van der Waals surface area contributed by atoms with E-state index in [-0.39, 0.29) is 0 Å². The smallest absolute Gasteiger partial charge is 0.0725 e. The van der Waals surface area contributed by atoms with E-state index in [0.29, 0.717) is 0 Å². The van der Waals surface area contributed by atoms with E-state index in [4.69, 9.17) is 0 Å². The fourth-order valence-electron chi connectivity index (χ4n) is 13.0. The van der Waals surface area contributed by atoms with Gasteiger partial charge in [0.05, 0.1) is 22.1 Å². The molecule has 0 saturated carbocycles. The molecule has 0 aliphatic heterocycles. The molecular weight excluding hydrogens is 905 g/mol. The first-order chi connectivity index (χ1) is 37.3. The number of anilines is 3. The lowest BCUT2D eigenvalue weighted by Gasteiger charge is -2.32. The summed E-state index contributed by atoms with van der Waals surface area (Å²) >= 11 is 0. The van der Waals surface area contributed by atoms with Gasteiger partial charge < -0.3 is 9.47 Å². The Labute approximate surface area is 437 Å². The summed E-state index contributed by atoms with van der Waals surface area (Å²) in [6.07, 6.45) is 0. The molecule has 75 heavy (non-hydrogen) atoms. The first kappa shape index (κ1) is 42.9. The zero-order chi connectivity index (χ0) is 49.5. The molecule has 1 aromatic heterocycles. The molecule has 0 unspecified atom stereocenters. The molecule has 2 heteroatoms. The Bertz CT molecular complexity index is 4320. The van der Waals surface area contributed by atoms with Crippen LogP contribution >= 0.6 is 0 Å². The number of para-hydroxylation sites is 3. The molecule has 0 saturated heterocycles. The van der Waals surface area contributed by atoms with Gasteiger partial charge in [0.1, 0.15) is 0 Å². The third kappa shape index (κ3) is 6.46. The molecule has 0 radical (unpaired) electrons. The number of nitrogens with zero attached hydrogens (tertiary/aromatic N) is 2. The molecule has 2 nitrogen and oxygen atoms in total. The van der Waals surface area contributed by atoms with E-state index in [0.717, 1.165) is 33.9 Å². The molecule has 2 aliphatic carbocycles. The second-order valence-electron chi connectivity index (χ2n) is 19.9. The number of hydrogen-bond donors (Lipinski definition) is 0. The van der Waals surface area contributed by atoms with E-state index in [2.05, 4.69) is 301 Å². The Hall–Kier alpha value is -9.76. The minimum Gasteiger partial charge on any atom is -0.310 e. The van der Waals surface area contributed by atoms with Gasteiger partial charge >= 0.3 is 0 Å². The van der Waals surface area contributed by atoms with E-state index >= 15 is 0 Å². The lowest BCUT2D eigenvalue weighted by molar-refractivity contribution is 0.794. The largest absolute Gasteiger partial charge is 0.310 e. The highest BCUT2D eigenvalue weighted by atomic mass is 15.1. The molecule has 1 spiro atoms. The van der Waals surface area contributed by atoms with Crippen molar-refractivity contribution in [2.45, 2.75) is 5.41 Å². The van der Waals surface area contributed by atoms with E-state index in [1.807, 2.05) is 0 Å². The van der Waals surface area contributed by atoms with Crippen molar-refractivity contribution in [1.29, 1.82) is 0 Å². The van der Waals surface area contributed by atoms with Gasteiger partial charge in [-0.3, -0.25) is 0 Å². The number of fused-ring (bicyclic) bond motifs is 13. The molecule has 12 aromatic carbocycles. The van der Waals surface area contributed by atoms with Crippen LogP contribution in [-0.4, -0.2) is 4.57 Å². The molecule has 2 aliphatic rings.